The lowest BCUT2D eigenvalue weighted by Gasteiger charge is -2.11. The molecule has 0 spiro atoms. The van der Waals surface area contributed by atoms with E-state index in [1.807, 2.05) is 30.3 Å². The van der Waals surface area contributed by atoms with Crippen LogP contribution in [0.5, 0.6) is 5.75 Å². The highest BCUT2D eigenvalue weighted by atomic mass is 19.1. The Balaban J connectivity index is 1.43. The van der Waals surface area contributed by atoms with Gasteiger partial charge in [0.2, 0.25) is 5.89 Å². The molecule has 9 heteroatoms. The van der Waals surface area contributed by atoms with Crippen molar-refractivity contribution < 1.29 is 33.0 Å². The maximum atomic E-state index is 14.2. The summed E-state index contributed by atoms with van der Waals surface area (Å²) in [5, 5.41) is 11.3. The molecule has 0 saturated heterocycles. The van der Waals surface area contributed by atoms with E-state index in [4.69, 9.17) is 19.0 Å². The second-order valence-electron chi connectivity index (χ2n) is 7.43. The van der Waals surface area contributed by atoms with Gasteiger partial charge in [0.05, 0.1) is 18.2 Å². The third kappa shape index (κ3) is 6.80. The zero-order chi connectivity index (χ0) is 23.8. The van der Waals surface area contributed by atoms with Crippen LogP contribution in [0.1, 0.15) is 23.9 Å². The summed E-state index contributed by atoms with van der Waals surface area (Å²) in [5.41, 5.74) is 1.80. The standard InChI is InChI=1S/C24H25FN2O6/c1-15(23(28)29)14-32-19-9-8-18(20(25)12-19)13-26-24(30)31-11-10-21-16(2)33-22(27-21)17-6-4-3-5-7-17/h3-9,12,15H,10-11,13-14H2,1-2H3,(H,26,30)(H,28,29). The number of alkyl carbamates (subject to hydrolysis) is 1. The van der Waals surface area contributed by atoms with Gasteiger partial charge in [-0.05, 0) is 32.0 Å². The van der Waals surface area contributed by atoms with Crippen molar-refractivity contribution in [1.29, 1.82) is 0 Å². The number of ether oxygens (including phenoxy) is 2. The van der Waals surface area contributed by atoms with Crippen molar-refractivity contribution in [3.05, 3.63) is 71.4 Å². The number of carboxylic acids is 1. The van der Waals surface area contributed by atoms with Crippen molar-refractivity contribution in [2.24, 2.45) is 5.92 Å². The molecule has 1 amide bonds. The Morgan fingerprint density at radius 2 is 1.97 bits per heavy atom. The minimum atomic E-state index is -0.995. The van der Waals surface area contributed by atoms with E-state index >= 15 is 0 Å². The maximum absolute atomic E-state index is 14.2. The topological polar surface area (TPSA) is 111 Å². The molecular formula is C24H25FN2O6. The Kier molecular flexibility index (Phi) is 8.01. The number of oxazole rings is 1. The second-order valence-corrected chi connectivity index (χ2v) is 7.43. The molecule has 2 N–H and O–H groups in total. The number of hydrogen-bond donors (Lipinski definition) is 2. The number of nitrogens with one attached hydrogen (secondary N) is 1. The molecule has 174 valence electrons. The summed E-state index contributed by atoms with van der Waals surface area (Å²) in [5.74, 6) is -0.916. The predicted molar refractivity (Wildman–Crippen MR) is 117 cm³/mol. The van der Waals surface area contributed by atoms with E-state index in [0.29, 0.717) is 23.8 Å². The normalized spacial score (nSPS) is 11.6. The third-order valence-corrected chi connectivity index (χ3v) is 4.85. The SMILES string of the molecule is Cc1oc(-c2ccccc2)nc1CCOC(=O)NCc1ccc(OCC(C)C(=O)O)cc1F. The summed E-state index contributed by atoms with van der Waals surface area (Å²) in [4.78, 5) is 27.2. The Morgan fingerprint density at radius 1 is 1.21 bits per heavy atom. The van der Waals surface area contributed by atoms with Gasteiger partial charge in [0.25, 0.3) is 0 Å². The molecule has 8 nitrogen and oxygen atoms in total. The summed E-state index contributed by atoms with van der Waals surface area (Å²) >= 11 is 0. The fourth-order valence-corrected chi connectivity index (χ4v) is 2.88. The molecule has 0 aliphatic rings. The van der Waals surface area contributed by atoms with Gasteiger partial charge in [-0.3, -0.25) is 4.79 Å². The number of benzene rings is 2. The maximum Gasteiger partial charge on any atom is 0.407 e. The lowest BCUT2D eigenvalue weighted by atomic mass is 10.2. The van der Waals surface area contributed by atoms with Crippen molar-refractivity contribution in [1.82, 2.24) is 10.3 Å². The zero-order valence-corrected chi connectivity index (χ0v) is 18.3. The number of hydrogen-bond acceptors (Lipinski definition) is 6. The minimum absolute atomic E-state index is 0.0718. The van der Waals surface area contributed by atoms with Crippen LogP contribution in [0.15, 0.2) is 52.9 Å². The van der Waals surface area contributed by atoms with E-state index in [1.54, 1.807) is 6.92 Å². The molecule has 0 aliphatic carbocycles. The molecule has 1 heterocycles. The van der Waals surface area contributed by atoms with Crippen molar-refractivity contribution >= 4 is 12.1 Å². The van der Waals surface area contributed by atoms with Crippen LogP contribution in [0.25, 0.3) is 11.5 Å². The van der Waals surface area contributed by atoms with E-state index in [-0.39, 0.29) is 31.1 Å². The van der Waals surface area contributed by atoms with E-state index in [1.165, 1.54) is 19.1 Å². The molecule has 0 saturated carbocycles. The monoisotopic (exact) mass is 456 g/mol. The van der Waals surface area contributed by atoms with Crippen LogP contribution < -0.4 is 10.1 Å². The lowest BCUT2D eigenvalue weighted by molar-refractivity contribution is -0.142. The average molecular weight is 456 g/mol. The summed E-state index contributed by atoms with van der Waals surface area (Å²) in [6.07, 6.45) is -0.306. The van der Waals surface area contributed by atoms with Crippen LogP contribution >= 0.6 is 0 Å². The van der Waals surface area contributed by atoms with Gasteiger partial charge < -0.3 is 24.3 Å². The number of carbonyl (C=O) groups excluding carboxylic acids is 1. The number of nitrogens with zero attached hydrogens (tertiary/aromatic N) is 1. The smallest absolute Gasteiger partial charge is 0.407 e. The fraction of sp³-hybridized carbons (Fsp3) is 0.292. The van der Waals surface area contributed by atoms with Crippen molar-refractivity contribution in [2.75, 3.05) is 13.2 Å². The van der Waals surface area contributed by atoms with Crippen LogP contribution in [0.3, 0.4) is 0 Å². The van der Waals surface area contributed by atoms with Gasteiger partial charge >= 0.3 is 12.1 Å². The number of rotatable bonds is 10. The molecule has 33 heavy (non-hydrogen) atoms. The van der Waals surface area contributed by atoms with E-state index in [2.05, 4.69) is 10.3 Å². The van der Waals surface area contributed by atoms with Crippen LogP contribution in [-0.2, 0) is 22.5 Å². The summed E-state index contributed by atoms with van der Waals surface area (Å²) < 4.78 is 30.3. The van der Waals surface area contributed by atoms with Gasteiger partial charge in [0, 0.05) is 30.2 Å². The summed E-state index contributed by atoms with van der Waals surface area (Å²) in [6.45, 7) is 3.24. The highest BCUT2D eigenvalue weighted by Gasteiger charge is 2.14. The fourth-order valence-electron chi connectivity index (χ4n) is 2.88. The minimum Gasteiger partial charge on any atom is -0.493 e. The number of aryl methyl sites for hydroxylation is 1. The molecule has 1 atom stereocenters. The van der Waals surface area contributed by atoms with Crippen LogP contribution in [0, 0.1) is 18.7 Å². The van der Waals surface area contributed by atoms with Gasteiger partial charge in [0.15, 0.2) is 0 Å². The number of carboxylic acid groups (broad SMARTS) is 1. The summed E-state index contributed by atoms with van der Waals surface area (Å²) in [6, 6.07) is 13.6. The zero-order valence-electron chi connectivity index (χ0n) is 18.3. The molecule has 0 bridgehead atoms. The van der Waals surface area contributed by atoms with Crippen molar-refractivity contribution in [2.45, 2.75) is 26.8 Å². The third-order valence-electron chi connectivity index (χ3n) is 4.85. The average Bonchev–Trinajstić information content (AvgIpc) is 3.17. The quantitative estimate of drug-likeness (QED) is 0.466. The van der Waals surface area contributed by atoms with E-state index < -0.39 is 23.8 Å². The van der Waals surface area contributed by atoms with Gasteiger partial charge in [-0.25, -0.2) is 14.2 Å². The predicted octanol–water partition coefficient (Wildman–Crippen LogP) is 4.36. The first kappa shape index (κ1) is 23.8. The number of amides is 1. The van der Waals surface area contributed by atoms with Gasteiger partial charge in [-0.15, -0.1) is 0 Å². The van der Waals surface area contributed by atoms with Gasteiger partial charge in [0.1, 0.15) is 23.9 Å². The Labute approximate surface area is 190 Å². The van der Waals surface area contributed by atoms with Crippen LogP contribution in [-0.4, -0.2) is 35.4 Å². The second kappa shape index (κ2) is 11.1. The van der Waals surface area contributed by atoms with Gasteiger partial charge in [-0.1, -0.05) is 24.3 Å². The molecule has 3 aromatic rings. The molecule has 1 aromatic heterocycles. The number of carbonyl (C=O) groups is 2. The van der Waals surface area contributed by atoms with Gasteiger partial charge in [-0.2, -0.15) is 0 Å². The molecule has 0 fully saturated rings. The first-order valence-electron chi connectivity index (χ1n) is 10.4. The van der Waals surface area contributed by atoms with Crippen LogP contribution in [0.2, 0.25) is 0 Å². The van der Waals surface area contributed by atoms with Crippen LogP contribution in [0.4, 0.5) is 9.18 Å². The molecule has 3 rings (SSSR count). The first-order chi connectivity index (χ1) is 15.8. The Hall–Kier alpha value is -3.88. The van der Waals surface area contributed by atoms with E-state index in [9.17, 15) is 14.0 Å². The van der Waals surface area contributed by atoms with Crippen molar-refractivity contribution in [3.8, 4) is 17.2 Å². The summed E-state index contributed by atoms with van der Waals surface area (Å²) in [7, 11) is 0. The number of aliphatic carboxylic acids is 1. The highest BCUT2D eigenvalue weighted by Crippen LogP contribution is 2.21. The molecule has 0 radical (unpaired) electrons. The Morgan fingerprint density at radius 3 is 2.67 bits per heavy atom. The highest BCUT2D eigenvalue weighted by molar-refractivity contribution is 5.69. The van der Waals surface area contributed by atoms with Crippen molar-refractivity contribution in [3.63, 3.8) is 0 Å². The Bertz CT molecular complexity index is 1100. The number of aromatic nitrogens is 1. The van der Waals surface area contributed by atoms with E-state index in [0.717, 1.165) is 11.6 Å². The molecule has 1 unspecified atom stereocenters. The molecule has 0 aliphatic heterocycles. The molecule has 2 aromatic carbocycles. The number of halogens is 1. The first-order valence-corrected chi connectivity index (χ1v) is 10.4. The lowest BCUT2D eigenvalue weighted by Crippen LogP contribution is -2.25. The largest absolute Gasteiger partial charge is 0.493 e. The molecular weight excluding hydrogens is 431 g/mol.